The molecule has 29 atom stereocenters. The zero-order valence-corrected chi connectivity index (χ0v) is 59.6. The van der Waals surface area contributed by atoms with Crippen molar-refractivity contribution in [3.63, 3.8) is 0 Å². The fourth-order valence-electron chi connectivity index (χ4n) is 14.2. The number of epoxide rings is 1. The number of cyclic esters (lactones) is 1. The lowest BCUT2D eigenvalue weighted by atomic mass is 9.77. The highest BCUT2D eigenvalue weighted by Crippen LogP contribution is 2.42. The summed E-state index contributed by atoms with van der Waals surface area (Å²) in [6.45, 7) is 13.6. The predicted octanol–water partition coefficient (Wildman–Crippen LogP) is 2.48. The number of rotatable bonds is 20. The van der Waals surface area contributed by atoms with Crippen molar-refractivity contribution in [1.29, 1.82) is 0 Å². The number of esters is 3. The van der Waals surface area contributed by atoms with E-state index in [-0.39, 0.29) is 56.9 Å². The summed E-state index contributed by atoms with van der Waals surface area (Å²) in [6, 6.07) is 4.81. The molecule has 0 spiro atoms. The van der Waals surface area contributed by atoms with Crippen LogP contribution in [-0.4, -0.2) is 259 Å². The van der Waals surface area contributed by atoms with E-state index in [4.69, 9.17) is 47.4 Å². The topological polar surface area (TPSA) is 482 Å². The first kappa shape index (κ1) is 84.6. The standard InChI is InChI=1S/C68H111NO30S/c1-11-49(93-57-31-51(63(89-10)39(8)91-57)95-67(84)40-22-23-46(69-9)50(26-40)94-56-25-24-47(73)38(7)90-56)34(3)59(80)35(4)60(81)36(5)61-37(6)62-64(97-62)48(74)20-14-18-43(72)28-44(92-55(78)32-53(75)76)29-45-30-52(99-100(86,87)88)65(82)68(85,98-45)66(83)58(79)33(2)16-12-13-17-41(70)27-42(71)19-15-21-54(77)96-61/h15,21-23,26,33-39,41-45,47-49,51-52,56-66,69-74,79-83,85H,11-14,16-20,24-25,27-32H2,1-10H3,(H,75,76)(H,86,87,88)/t33-,34-,35-,36-,37-,38-,39+,41-,42+,43+,44-,45-,47+,48-,49-,51-,52+,56-,57-,58+,59+,60+,61-,62-,63+,64-,65-,66+,68+/m1/s1. The molecule has 31 nitrogen and oxygen atoms in total. The van der Waals surface area contributed by atoms with Gasteiger partial charge in [0.2, 0.25) is 5.79 Å². The summed E-state index contributed by atoms with van der Waals surface area (Å²) >= 11 is 0. The Morgan fingerprint density at radius 1 is 0.740 bits per heavy atom. The van der Waals surface area contributed by atoms with Crippen molar-refractivity contribution in [3.05, 3.63) is 35.9 Å². The number of hydrogen-bond acceptors (Lipinski definition) is 29. The SMILES string of the molecule is CC[C@@H](O[C@@H]1C[C@@H](OC(=O)c2ccc(NC)c(O[C@@H]3CC[C@H](O)[C@@H](C)O3)c2)[C@@H](OC)[C@H](C)O1)[C@@H](C)[C@H](O)[C@@H](C)[C@H](O)[C@@H](C)[C@H]1OC(=O)C=CC[C@H](O)C[C@H](O)CCCC[C@@H](C)[C@H](O)[C@H](O)[C@@]2(O)O[C@H](C[C@H](OC(=O)CC(=O)O)C[C@@H](O)CCC[C@@H](O)[C@H]3O[C@@H]3[C@@H]1C)C[C@H](OS(=O)(=O)O)[C@H]2O. The Hall–Kier alpha value is -4.37. The van der Waals surface area contributed by atoms with Gasteiger partial charge in [-0.3, -0.25) is 14.1 Å². The third-order valence-electron chi connectivity index (χ3n) is 20.3. The number of carbonyl (C=O) groups excluding carboxylic acids is 3. The van der Waals surface area contributed by atoms with E-state index in [0.717, 1.165) is 6.08 Å². The fourth-order valence-corrected chi connectivity index (χ4v) is 14.7. The number of nitrogens with one attached hydrogen (secondary N) is 1. The Morgan fingerprint density at radius 2 is 1.41 bits per heavy atom. The first-order valence-corrected chi connectivity index (χ1v) is 36.3. The highest BCUT2D eigenvalue weighted by Gasteiger charge is 2.58. The molecule has 14 N–H and O–H groups in total. The van der Waals surface area contributed by atoms with Gasteiger partial charge in [-0.05, 0) is 95.8 Å². The Balaban J connectivity index is 1.16. The smallest absolute Gasteiger partial charge is 0.397 e. The van der Waals surface area contributed by atoms with Crippen LogP contribution in [0.1, 0.15) is 175 Å². The molecule has 0 aliphatic carbocycles. The van der Waals surface area contributed by atoms with Crippen molar-refractivity contribution >= 4 is 40.0 Å². The molecule has 0 unspecified atom stereocenters. The van der Waals surface area contributed by atoms with Gasteiger partial charge in [-0.25, -0.2) is 13.8 Å². The van der Waals surface area contributed by atoms with Gasteiger partial charge < -0.3 is 114 Å². The van der Waals surface area contributed by atoms with E-state index in [2.05, 4.69) is 9.50 Å². The number of aliphatic hydroxyl groups excluding tert-OH is 10. The number of fused-ring (bicyclic) bond motifs is 3. The Labute approximate surface area is 584 Å². The molecule has 6 rings (SSSR count). The summed E-state index contributed by atoms with van der Waals surface area (Å²) in [5.41, 5.74) is 0.776. The summed E-state index contributed by atoms with van der Waals surface area (Å²) in [5.74, 6) is -11.4. The number of anilines is 1. The highest BCUT2D eigenvalue weighted by atomic mass is 32.3. The summed E-state index contributed by atoms with van der Waals surface area (Å²) in [5, 5.41) is 137. The Bertz CT molecular complexity index is 2880. The van der Waals surface area contributed by atoms with E-state index >= 15 is 0 Å². The molecule has 5 aliphatic heterocycles. The number of carbonyl (C=O) groups is 4. The Morgan fingerprint density at radius 3 is 2.06 bits per heavy atom. The second kappa shape index (κ2) is 38.6. The van der Waals surface area contributed by atoms with E-state index in [1.807, 2.05) is 6.92 Å². The second-order valence-corrected chi connectivity index (χ2v) is 29.1. The number of carboxylic acid groups (broad SMARTS) is 1. The third kappa shape index (κ3) is 24.1. The summed E-state index contributed by atoms with van der Waals surface area (Å²) in [7, 11) is -2.19. The number of benzene rings is 1. The molecule has 100 heavy (non-hydrogen) atoms. The van der Waals surface area contributed by atoms with Crippen LogP contribution >= 0.6 is 0 Å². The van der Waals surface area contributed by atoms with Crippen molar-refractivity contribution < 1.29 is 145 Å². The van der Waals surface area contributed by atoms with Crippen molar-refractivity contribution in [1.82, 2.24) is 0 Å². The number of hydrogen-bond donors (Lipinski definition) is 14. The van der Waals surface area contributed by atoms with E-state index in [1.165, 1.54) is 20.1 Å². The molecule has 4 saturated heterocycles. The van der Waals surface area contributed by atoms with E-state index in [9.17, 15) is 93.4 Å². The van der Waals surface area contributed by atoms with Gasteiger partial charge >= 0.3 is 34.3 Å². The van der Waals surface area contributed by atoms with Crippen LogP contribution in [-0.2, 0) is 71.6 Å². The van der Waals surface area contributed by atoms with Crippen LogP contribution in [0.3, 0.4) is 0 Å². The lowest BCUT2D eigenvalue weighted by Crippen LogP contribution is -2.67. The van der Waals surface area contributed by atoms with Gasteiger partial charge in [-0.15, -0.1) is 0 Å². The predicted molar refractivity (Wildman–Crippen MR) is 352 cm³/mol. The molecule has 0 aromatic heterocycles. The molecule has 0 saturated carbocycles. The molecule has 1 aromatic rings. The molecular formula is C68H111NO30S. The quantitative estimate of drug-likeness (QED) is 0.0293. The maximum absolute atomic E-state index is 13.9. The lowest BCUT2D eigenvalue weighted by molar-refractivity contribution is -0.364. The molecule has 574 valence electrons. The minimum Gasteiger partial charge on any atom is -0.481 e. The van der Waals surface area contributed by atoms with Gasteiger partial charge in [0.1, 0.15) is 61.0 Å². The average molecular weight is 1450 g/mol. The number of carboxylic acids is 1. The van der Waals surface area contributed by atoms with Crippen LogP contribution in [0.5, 0.6) is 5.75 Å². The zero-order chi connectivity index (χ0) is 74.2. The minimum absolute atomic E-state index is 0.00131. The molecular weight excluding hydrogens is 1340 g/mol. The van der Waals surface area contributed by atoms with Crippen molar-refractivity contribution in [3.8, 4) is 5.75 Å². The normalized spacial score (nSPS) is 37.8. The summed E-state index contributed by atoms with van der Waals surface area (Å²) in [6.07, 6.45) is -25.8. The van der Waals surface area contributed by atoms with E-state index in [1.54, 1.807) is 66.8 Å². The fraction of sp³-hybridized carbons (Fsp3) is 0.824. The van der Waals surface area contributed by atoms with Crippen molar-refractivity contribution in [2.24, 2.45) is 29.6 Å². The first-order chi connectivity index (χ1) is 47.0. The largest absolute Gasteiger partial charge is 0.481 e. The van der Waals surface area contributed by atoms with Gasteiger partial charge in [0.25, 0.3) is 0 Å². The average Bonchev–Trinajstić information content (AvgIpc) is 1.08. The zero-order valence-electron chi connectivity index (χ0n) is 58.7. The van der Waals surface area contributed by atoms with Crippen molar-refractivity contribution in [2.75, 3.05) is 19.5 Å². The van der Waals surface area contributed by atoms with Crippen molar-refractivity contribution in [2.45, 2.75) is 311 Å². The summed E-state index contributed by atoms with van der Waals surface area (Å²) in [4.78, 5) is 52.0. The monoisotopic (exact) mass is 1450 g/mol. The van der Waals surface area contributed by atoms with Crippen LogP contribution in [0.2, 0.25) is 0 Å². The van der Waals surface area contributed by atoms with Gasteiger partial charge in [0.15, 0.2) is 12.6 Å². The molecule has 0 radical (unpaired) electrons. The molecule has 5 heterocycles. The Kier molecular flexibility index (Phi) is 32.6. The highest BCUT2D eigenvalue weighted by molar-refractivity contribution is 7.80. The van der Waals surface area contributed by atoms with E-state index < -0.39 is 236 Å². The molecule has 1 aromatic carbocycles. The first-order valence-electron chi connectivity index (χ1n) is 35.0. The molecule has 5 aliphatic rings. The second-order valence-electron chi connectivity index (χ2n) is 28.0. The van der Waals surface area contributed by atoms with Gasteiger partial charge in [0, 0.05) is 76.0 Å². The number of aliphatic carboxylic acids is 1. The van der Waals surface area contributed by atoms with Gasteiger partial charge in [-0.2, -0.15) is 8.42 Å². The van der Waals surface area contributed by atoms with Gasteiger partial charge in [0.05, 0.1) is 90.6 Å². The van der Waals surface area contributed by atoms with Crippen LogP contribution in [0.15, 0.2) is 30.4 Å². The maximum Gasteiger partial charge on any atom is 0.397 e. The maximum atomic E-state index is 13.9. The lowest BCUT2D eigenvalue weighted by Gasteiger charge is -2.48. The number of ether oxygens (including phenoxy) is 10. The number of aliphatic hydroxyl groups is 11. The molecule has 2 bridgehead atoms. The molecule has 32 heteroatoms. The van der Waals surface area contributed by atoms with Crippen LogP contribution in [0.4, 0.5) is 5.69 Å². The molecule has 0 amide bonds. The number of methoxy groups -OCH3 is 1. The third-order valence-corrected chi connectivity index (χ3v) is 20.8. The van der Waals surface area contributed by atoms with E-state index in [0.29, 0.717) is 43.5 Å². The van der Waals surface area contributed by atoms with Crippen LogP contribution in [0, 0.1) is 29.6 Å². The minimum atomic E-state index is -5.37. The van der Waals surface area contributed by atoms with Gasteiger partial charge in [-0.1, -0.05) is 60.5 Å². The summed E-state index contributed by atoms with van der Waals surface area (Å²) < 4.78 is 98.4. The molecule has 4 fully saturated rings. The van der Waals surface area contributed by atoms with Crippen LogP contribution in [0.25, 0.3) is 0 Å². The van der Waals surface area contributed by atoms with Crippen LogP contribution < -0.4 is 10.1 Å².